The Labute approximate surface area is 200 Å². The average Bonchev–Trinajstić information content (AvgIpc) is 2.74. The Morgan fingerprint density at radius 3 is 2.48 bits per heavy atom. The highest BCUT2D eigenvalue weighted by atomic mass is 32.2. The van der Waals surface area contributed by atoms with Crippen LogP contribution in [-0.2, 0) is 10.5 Å². The first kappa shape index (κ1) is 28.3. The van der Waals surface area contributed by atoms with Crippen LogP contribution in [-0.4, -0.2) is 60.2 Å². The van der Waals surface area contributed by atoms with Gasteiger partial charge in [-0.2, -0.15) is 9.39 Å². The largest absolute Gasteiger partial charge is 0.370 e. The summed E-state index contributed by atoms with van der Waals surface area (Å²) in [4.78, 5) is 18.3. The van der Waals surface area contributed by atoms with Gasteiger partial charge in [0.2, 0.25) is 5.91 Å². The van der Waals surface area contributed by atoms with Gasteiger partial charge < -0.3 is 21.7 Å². The summed E-state index contributed by atoms with van der Waals surface area (Å²) in [7, 11) is -1.42. The fourth-order valence-electron chi connectivity index (χ4n) is 3.46. The molecule has 0 bridgehead atoms. The molecule has 0 aliphatic carbocycles. The summed E-state index contributed by atoms with van der Waals surface area (Å²) in [6.45, 7) is 11.4. The first-order chi connectivity index (χ1) is 15.6. The summed E-state index contributed by atoms with van der Waals surface area (Å²) in [5, 5.41) is 2.99. The van der Waals surface area contributed by atoms with Crippen molar-refractivity contribution in [2.45, 2.75) is 50.4 Å². The number of rotatable bonds is 17. The van der Waals surface area contributed by atoms with Crippen LogP contribution in [0.3, 0.4) is 0 Å². The minimum atomic E-state index is -1.42. The molecule has 1 aromatic carbocycles. The SMILES string of the molecule is C=CC(CCCN=C(N)N)NC(=O)CN(C=C)CCCC(C)NS(=C)(=C)Cc1ccccc1. The molecule has 1 rings (SSSR count). The van der Waals surface area contributed by atoms with Crippen LogP contribution in [0.5, 0.6) is 0 Å². The van der Waals surface area contributed by atoms with E-state index in [0.29, 0.717) is 6.54 Å². The highest BCUT2D eigenvalue weighted by molar-refractivity contribution is 8.25. The molecule has 0 heterocycles. The first-order valence-electron chi connectivity index (χ1n) is 11.3. The molecule has 7 nitrogen and oxygen atoms in total. The van der Waals surface area contributed by atoms with Crippen molar-refractivity contribution in [1.29, 1.82) is 0 Å². The van der Waals surface area contributed by atoms with Crippen molar-refractivity contribution in [2.24, 2.45) is 16.5 Å². The molecule has 0 fully saturated rings. The summed E-state index contributed by atoms with van der Waals surface area (Å²) < 4.78 is 3.60. The first-order valence-corrected chi connectivity index (χ1v) is 13.4. The van der Waals surface area contributed by atoms with Crippen LogP contribution in [0.15, 0.2) is 60.8 Å². The second-order valence-corrected chi connectivity index (χ2v) is 11.0. The lowest BCUT2D eigenvalue weighted by Gasteiger charge is -2.24. The number of carbonyl (C=O) groups is 1. The number of carbonyl (C=O) groups excluding carboxylic acids is 1. The maximum atomic E-state index is 12.4. The molecule has 2 unspecified atom stereocenters. The van der Waals surface area contributed by atoms with Gasteiger partial charge in [-0.1, -0.05) is 54.7 Å². The molecule has 8 heteroatoms. The predicted octanol–water partition coefficient (Wildman–Crippen LogP) is 2.70. The van der Waals surface area contributed by atoms with Crippen LogP contribution in [0, 0.1) is 0 Å². The predicted molar refractivity (Wildman–Crippen MR) is 148 cm³/mol. The van der Waals surface area contributed by atoms with Crippen molar-refractivity contribution < 1.29 is 4.79 Å². The van der Waals surface area contributed by atoms with Gasteiger partial charge in [0.15, 0.2) is 5.96 Å². The Bertz CT molecular complexity index is 862. The maximum Gasteiger partial charge on any atom is 0.239 e. The van der Waals surface area contributed by atoms with E-state index in [1.54, 1.807) is 12.3 Å². The van der Waals surface area contributed by atoms with Gasteiger partial charge in [0.05, 0.1) is 6.54 Å². The number of hydrogen-bond acceptors (Lipinski definition) is 4. The number of amides is 1. The lowest BCUT2D eigenvalue weighted by Crippen LogP contribution is -2.40. The number of nitrogens with zero attached hydrogens (tertiary/aromatic N) is 2. The van der Waals surface area contributed by atoms with Crippen molar-refractivity contribution in [1.82, 2.24) is 14.9 Å². The molecule has 1 aromatic rings. The Morgan fingerprint density at radius 2 is 1.88 bits per heavy atom. The van der Waals surface area contributed by atoms with Gasteiger partial charge in [-0.15, -0.1) is 6.58 Å². The molecular formula is C25H42N6OS. The second-order valence-electron chi connectivity index (χ2n) is 8.35. The molecule has 0 saturated heterocycles. The molecule has 33 heavy (non-hydrogen) atoms. The van der Waals surface area contributed by atoms with E-state index in [9.17, 15) is 4.79 Å². The van der Waals surface area contributed by atoms with Gasteiger partial charge in [0, 0.05) is 30.9 Å². The fourth-order valence-corrected chi connectivity index (χ4v) is 5.35. The highest BCUT2D eigenvalue weighted by Gasteiger charge is 2.12. The maximum absolute atomic E-state index is 12.4. The van der Waals surface area contributed by atoms with E-state index in [1.165, 1.54) is 5.56 Å². The third-order valence-corrected chi connectivity index (χ3v) is 6.81. The number of nitrogens with two attached hydrogens (primary N) is 2. The summed E-state index contributed by atoms with van der Waals surface area (Å²) in [5.74, 6) is 9.52. The van der Waals surface area contributed by atoms with E-state index >= 15 is 0 Å². The Hall–Kier alpha value is -2.71. The van der Waals surface area contributed by atoms with Gasteiger partial charge in [0.1, 0.15) is 0 Å². The van der Waals surface area contributed by atoms with Crippen molar-refractivity contribution in [3.63, 3.8) is 0 Å². The smallest absolute Gasteiger partial charge is 0.239 e. The zero-order valence-electron chi connectivity index (χ0n) is 20.0. The van der Waals surface area contributed by atoms with E-state index in [4.69, 9.17) is 11.5 Å². The molecule has 0 aromatic heterocycles. The number of guanidine groups is 1. The lowest BCUT2D eigenvalue weighted by molar-refractivity contribution is -0.122. The number of nitrogens with one attached hydrogen (secondary N) is 2. The standard InChI is InChI=1S/C25H42N6OS/c1-6-23(16-11-17-28-25(26)27)29-24(32)19-31(7-2)18-12-13-21(3)30-33(4,5)20-22-14-9-8-10-15-22/h6-10,14-15,21,23,30H,1-2,4-5,11-13,16-20H2,3H3,(H,29,32)(H4,26,27,28). The number of aliphatic imine (C=N–C) groups is 1. The van der Waals surface area contributed by atoms with E-state index in [-0.39, 0.29) is 30.5 Å². The quantitative estimate of drug-likeness (QED) is 0.0913. The monoisotopic (exact) mass is 474 g/mol. The van der Waals surface area contributed by atoms with Gasteiger partial charge in [0.25, 0.3) is 0 Å². The minimum Gasteiger partial charge on any atom is -0.370 e. The Morgan fingerprint density at radius 1 is 1.18 bits per heavy atom. The van der Waals surface area contributed by atoms with Crippen LogP contribution in [0.4, 0.5) is 0 Å². The zero-order valence-corrected chi connectivity index (χ0v) is 20.9. The van der Waals surface area contributed by atoms with Crippen molar-refractivity contribution in [3.05, 3.63) is 61.3 Å². The molecule has 0 aliphatic rings. The van der Waals surface area contributed by atoms with E-state index < -0.39 is 9.39 Å². The summed E-state index contributed by atoms with van der Waals surface area (Å²) >= 11 is 0. The van der Waals surface area contributed by atoms with Crippen molar-refractivity contribution in [2.75, 3.05) is 19.6 Å². The Balaban J connectivity index is 2.37. The van der Waals surface area contributed by atoms with E-state index in [0.717, 1.165) is 38.0 Å². The fraction of sp³-hybridized carbons (Fsp3) is 0.440. The van der Waals surface area contributed by atoms with Crippen LogP contribution in [0.25, 0.3) is 0 Å². The van der Waals surface area contributed by atoms with Gasteiger partial charge in [-0.05, 0) is 44.4 Å². The molecule has 0 aliphatic heterocycles. The molecule has 0 radical (unpaired) electrons. The van der Waals surface area contributed by atoms with Crippen LogP contribution in [0.2, 0.25) is 0 Å². The van der Waals surface area contributed by atoms with Crippen molar-refractivity contribution >= 4 is 33.0 Å². The topological polar surface area (TPSA) is 109 Å². The highest BCUT2D eigenvalue weighted by Crippen LogP contribution is 2.22. The number of hydrogen-bond donors (Lipinski definition) is 4. The molecule has 6 N–H and O–H groups in total. The zero-order chi connectivity index (χ0) is 24.7. The van der Waals surface area contributed by atoms with E-state index in [1.807, 2.05) is 23.1 Å². The third kappa shape index (κ3) is 13.4. The Kier molecular flexibility index (Phi) is 13.0. The van der Waals surface area contributed by atoms with Gasteiger partial charge in [-0.25, -0.2) is 0 Å². The molecule has 0 saturated carbocycles. The normalized spacial score (nSPS) is 12.9. The van der Waals surface area contributed by atoms with Crippen molar-refractivity contribution in [3.8, 4) is 0 Å². The third-order valence-electron chi connectivity index (χ3n) is 5.02. The minimum absolute atomic E-state index is 0.0605. The molecule has 184 valence electrons. The lowest BCUT2D eigenvalue weighted by atomic mass is 10.1. The molecule has 2 atom stereocenters. The van der Waals surface area contributed by atoms with Gasteiger partial charge >= 0.3 is 0 Å². The molecule has 1 amide bonds. The van der Waals surface area contributed by atoms with Crippen LogP contribution in [0.1, 0.15) is 38.2 Å². The van der Waals surface area contributed by atoms with Crippen LogP contribution >= 0.6 is 9.39 Å². The number of benzene rings is 1. The summed E-state index contributed by atoms with van der Waals surface area (Å²) in [6, 6.07) is 10.5. The average molecular weight is 475 g/mol. The molecular weight excluding hydrogens is 432 g/mol. The van der Waals surface area contributed by atoms with E-state index in [2.05, 4.69) is 59.0 Å². The summed E-state index contributed by atoms with van der Waals surface area (Å²) in [5.41, 5.74) is 11.9. The van der Waals surface area contributed by atoms with Crippen LogP contribution < -0.4 is 21.5 Å². The second kappa shape index (κ2) is 15.2. The molecule has 0 spiro atoms. The summed E-state index contributed by atoms with van der Waals surface area (Å²) in [6.07, 6.45) is 6.83. The van der Waals surface area contributed by atoms with Gasteiger partial charge in [-0.3, -0.25) is 14.5 Å².